The van der Waals surface area contributed by atoms with Gasteiger partial charge >= 0.3 is 0 Å². The summed E-state index contributed by atoms with van der Waals surface area (Å²) in [5, 5.41) is 8.83. The van der Waals surface area contributed by atoms with Gasteiger partial charge in [0.15, 0.2) is 0 Å². The molecule has 0 saturated carbocycles. The van der Waals surface area contributed by atoms with Gasteiger partial charge in [-0.3, -0.25) is 9.69 Å². The molecule has 1 amide bonds. The first-order chi connectivity index (χ1) is 7.27. The molecule has 3 N–H and O–H groups in total. The Bertz CT molecular complexity index is 199. The zero-order valence-electron chi connectivity index (χ0n) is 9.19. The van der Waals surface area contributed by atoms with Crippen molar-refractivity contribution in [3.05, 3.63) is 0 Å². The Morgan fingerprint density at radius 3 is 2.73 bits per heavy atom. The highest BCUT2D eigenvalue weighted by Gasteiger charge is 2.17. The molecule has 0 spiro atoms. The molecule has 1 saturated heterocycles. The number of nitrogens with zero attached hydrogens (tertiary/aromatic N) is 2. The number of carbonyl (C=O) groups excluding carboxylic acids is 1. The molecule has 0 aromatic carbocycles. The van der Waals surface area contributed by atoms with Gasteiger partial charge in [-0.25, -0.2) is 0 Å². The largest absolute Gasteiger partial charge is 0.395 e. The fourth-order valence-corrected chi connectivity index (χ4v) is 1.87. The lowest BCUT2D eigenvalue weighted by Gasteiger charge is -2.21. The van der Waals surface area contributed by atoms with Crippen LogP contribution in [0.3, 0.4) is 0 Å². The molecule has 1 heterocycles. The minimum absolute atomic E-state index is 0.156. The van der Waals surface area contributed by atoms with Gasteiger partial charge in [-0.05, 0) is 13.0 Å². The van der Waals surface area contributed by atoms with Crippen LogP contribution in [0, 0.1) is 0 Å². The third-order valence-corrected chi connectivity index (χ3v) is 2.72. The topological polar surface area (TPSA) is 69.8 Å². The molecule has 0 radical (unpaired) electrons. The van der Waals surface area contributed by atoms with Crippen molar-refractivity contribution in [2.75, 3.05) is 45.9 Å². The summed E-state index contributed by atoms with van der Waals surface area (Å²) >= 11 is 0. The van der Waals surface area contributed by atoms with Crippen LogP contribution in [0.5, 0.6) is 0 Å². The molecule has 88 valence electrons. The van der Waals surface area contributed by atoms with E-state index in [-0.39, 0.29) is 12.5 Å². The van der Waals surface area contributed by atoms with Gasteiger partial charge in [-0.2, -0.15) is 0 Å². The van der Waals surface area contributed by atoms with Crippen LogP contribution in [0.25, 0.3) is 0 Å². The third kappa shape index (κ3) is 4.15. The van der Waals surface area contributed by atoms with Crippen molar-refractivity contribution < 1.29 is 9.90 Å². The van der Waals surface area contributed by atoms with E-state index in [0.29, 0.717) is 19.5 Å². The summed E-state index contributed by atoms with van der Waals surface area (Å²) in [5.74, 6) is 0.156. The Labute approximate surface area is 90.8 Å². The molecule has 15 heavy (non-hydrogen) atoms. The summed E-state index contributed by atoms with van der Waals surface area (Å²) in [5.41, 5.74) is 5.36. The molecule has 0 bridgehead atoms. The van der Waals surface area contributed by atoms with Crippen LogP contribution in [0.2, 0.25) is 0 Å². The van der Waals surface area contributed by atoms with Crippen LogP contribution in [0.4, 0.5) is 0 Å². The Morgan fingerprint density at radius 2 is 2.07 bits per heavy atom. The van der Waals surface area contributed by atoms with Gasteiger partial charge in [-0.15, -0.1) is 0 Å². The summed E-state index contributed by atoms with van der Waals surface area (Å²) in [4.78, 5) is 15.7. The van der Waals surface area contributed by atoms with Crippen molar-refractivity contribution >= 4 is 5.91 Å². The third-order valence-electron chi connectivity index (χ3n) is 2.72. The minimum atomic E-state index is 0.156. The van der Waals surface area contributed by atoms with E-state index in [1.165, 1.54) is 0 Å². The Kier molecular flexibility index (Phi) is 5.60. The van der Waals surface area contributed by atoms with E-state index in [9.17, 15) is 4.79 Å². The number of aliphatic hydroxyl groups is 1. The number of aliphatic hydroxyl groups excluding tert-OH is 1. The van der Waals surface area contributed by atoms with E-state index in [2.05, 4.69) is 4.90 Å². The van der Waals surface area contributed by atoms with Crippen LogP contribution < -0.4 is 5.73 Å². The second-order valence-corrected chi connectivity index (χ2v) is 3.84. The predicted molar refractivity (Wildman–Crippen MR) is 58.4 cm³/mol. The van der Waals surface area contributed by atoms with Gasteiger partial charge in [0, 0.05) is 39.1 Å². The highest BCUT2D eigenvalue weighted by atomic mass is 16.3. The first kappa shape index (κ1) is 12.4. The lowest BCUT2D eigenvalue weighted by atomic mass is 10.3. The van der Waals surface area contributed by atoms with Gasteiger partial charge in [-0.1, -0.05) is 0 Å². The molecular formula is C10H21N3O2. The van der Waals surface area contributed by atoms with E-state index in [1.54, 1.807) is 0 Å². The first-order valence-electron chi connectivity index (χ1n) is 5.59. The lowest BCUT2D eigenvalue weighted by Crippen LogP contribution is -2.36. The standard InChI is InChI=1S/C10H21N3O2/c11-3-2-10(15)13-5-1-4-12(6-7-13)8-9-14/h14H,1-9,11H2. The predicted octanol–water partition coefficient (Wildman–Crippen LogP) is -1.14. The van der Waals surface area contributed by atoms with E-state index < -0.39 is 0 Å². The van der Waals surface area contributed by atoms with Gasteiger partial charge in [0.25, 0.3) is 0 Å². The minimum Gasteiger partial charge on any atom is -0.395 e. The molecule has 1 aliphatic rings. The molecule has 0 aromatic heterocycles. The number of carbonyl (C=O) groups is 1. The molecule has 0 aliphatic carbocycles. The summed E-state index contributed by atoms with van der Waals surface area (Å²) < 4.78 is 0. The van der Waals surface area contributed by atoms with Gasteiger partial charge < -0.3 is 15.7 Å². The molecule has 1 rings (SSSR count). The summed E-state index contributed by atoms with van der Waals surface area (Å²) in [6, 6.07) is 0. The number of rotatable bonds is 4. The number of hydrogen-bond acceptors (Lipinski definition) is 4. The van der Waals surface area contributed by atoms with E-state index in [0.717, 1.165) is 32.6 Å². The monoisotopic (exact) mass is 215 g/mol. The Hall–Kier alpha value is -0.650. The fourth-order valence-electron chi connectivity index (χ4n) is 1.87. The van der Waals surface area contributed by atoms with Gasteiger partial charge in [0.05, 0.1) is 6.61 Å². The van der Waals surface area contributed by atoms with Crippen LogP contribution >= 0.6 is 0 Å². The number of nitrogens with two attached hydrogens (primary N) is 1. The normalized spacial score (nSPS) is 18.9. The second-order valence-electron chi connectivity index (χ2n) is 3.84. The van der Waals surface area contributed by atoms with Crippen molar-refractivity contribution in [1.82, 2.24) is 9.80 Å². The summed E-state index contributed by atoms with van der Waals surface area (Å²) in [7, 11) is 0. The SMILES string of the molecule is NCCC(=O)N1CCCN(CCO)CC1. The summed E-state index contributed by atoms with van der Waals surface area (Å²) in [6.45, 7) is 4.73. The van der Waals surface area contributed by atoms with Crippen LogP contribution in [0.15, 0.2) is 0 Å². The highest BCUT2D eigenvalue weighted by Crippen LogP contribution is 2.04. The quantitative estimate of drug-likeness (QED) is 0.622. The molecule has 0 unspecified atom stereocenters. The van der Waals surface area contributed by atoms with Crippen molar-refractivity contribution in [3.8, 4) is 0 Å². The van der Waals surface area contributed by atoms with E-state index in [1.807, 2.05) is 4.90 Å². The maximum absolute atomic E-state index is 11.6. The molecule has 0 atom stereocenters. The number of amides is 1. The van der Waals surface area contributed by atoms with Crippen LogP contribution in [-0.2, 0) is 4.79 Å². The Balaban J connectivity index is 2.35. The van der Waals surface area contributed by atoms with Crippen molar-refractivity contribution in [1.29, 1.82) is 0 Å². The zero-order valence-corrected chi connectivity index (χ0v) is 9.19. The maximum Gasteiger partial charge on any atom is 0.223 e. The molecule has 5 nitrogen and oxygen atoms in total. The second kappa shape index (κ2) is 6.76. The lowest BCUT2D eigenvalue weighted by molar-refractivity contribution is -0.130. The smallest absolute Gasteiger partial charge is 0.223 e. The molecular weight excluding hydrogens is 194 g/mol. The molecule has 1 fully saturated rings. The number of hydrogen-bond donors (Lipinski definition) is 2. The van der Waals surface area contributed by atoms with E-state index >= 15 is 0 Å². The highest BCUT2D eigenvalue weighted by molar-refractivity contribution is 5.76. The van der Waals surface area contributed by atoms with Crippen LogP contribution in [-0.4, -0.2) is 66.7 Å². The average molecular weight is 215 g/mol. The van der Waals surface area contributed by atoms with Gasteiger partial charge in [0.2, 0.25) is 5.91 Å². The number of β-amino-alcohol motifs (C(OH)–C–C–N with tert-alkyl or cyclic N) is 1. The molecule has 1 aliphatic heterocycles. The molecule has 0 aromatic rings. The fraction of sp³-hybridized carbons (Fsp3) is 0.900. The van der Waals surface area contributed by atoms with Crippen molar-refractivity contribution in [3.63, 3.8) is 0 Å². The van der Waals surface area contributed by atoms with Crippen molar-refractivity contribution in [2.24, 2.45) is 5.73 Å². The first-order valence-corrected chi connectivity index (χ1v) is 5.59. The van der Waals surface area contributed by atoms with Crippen molar-refractivity contribution in [2.45, 2.75) is 12.8 Å². The van der Waals surface area contributed by atoms with Crippen LogP contribution in [0.1, 0.15) is 12.8 Å². The summed E-state index contributed by atoms with van der Waals surface area (Å²) in [6.07, 6.45) is 1.43. The van der Waals surface area contributed by atoms with E-state index in [4.69, 9.17) is 10.8 Å². The van der Waals surface area contributed by atoms with Gasteiger partial charge in [0.1, 0.15) is 0 Å². The average Bonchev–Trinajstić information content (AvgIpc) is 2.44. The Morgan fingerprint density at radius 1 is 1.27 bits per heavy atom. The zero-order chi connectivity index (χ0) is 11.1. The molecule has 5 heteroatoms. The maximum atomic E-state index is 11.6.